The number of H-pyrrole nitrogens is 1. The number of anilines is 2. The van der Waals surface area contributed by atoms with Crippen molar-refractivity contribution in [1.29, 1.82) is 5.26 Å². The van der Waals surface area contributed by atoms with Crippen LogP contribution in [0.3, 0.4) is 0 Å². The summed E-state index contributed by atoms with van der Waals surface area (Å²) in [5.41, 5.74) is 4.48. The normalized spacial score (nSPS) is 11.2. The van der Waals surface area contributed by atoms with E-state index in [1.807, 2.05) is 80.7 Å². The van der Waals surface area contributed by atoms with Crippen LogP contribution >= 0.6 is 0 Å². The van der Waals surface area contributed by atoms with Gasteiger partial charge in [0, 0.05) is 52.4 Å². The van der Waals surface area contributed by atoms with Crippen LogP contribution in [-0.2, 0) is 5.41 Å². The van der Waals surface area contributed by atoms with Gasteiger partial charge in [0.1, 0.15) is 0 Å². The number of fused-ring (bicyclic) bond motifs is 1. The minimum atomic E-state index is -0.763. The molecule has 0 saturated carbocycles. The number of benzene rings is 3. The van der Waals surface area contributed by atoms with Gasteiger partial charge in [-0.15, -0.1) is 0 Å². The molecule has 39 heavy (non-hydrogen) atoms. The molecule has 5 rings (SSSR count). The summed E-state index contributed by atoms with van der Waals surface area (Å²) in [6.45, 7) is 3.76. The first kappa shape index (κ1) is 25.6. The summed E-state index contributed by atoms with van der Waals surface area (Å²) >= 11 is 0. The predicted molar refractivity (Wildman–Crippen MR) is 153 cm³/mol. The van der Waals surface area contributed by atoms with Gasteiger partial charge in [0.15, 0.2) is 11.5 Å². The van der Waals surface area contributed by atoms with E-state index in [1.165, 1.54) is 0 Å². The summed E-state index contributed by atoms with van der Waals surface area (Å²) in [5.74, 6) is 0.850. The third-order valence-electron chi connectivity index (χ3n) is 6.82. The third-order valence-corrected chi connectivity index (χ3v) is 6.82. The molecule has 0 radical (unpaired) electrons. The monoisotopic (exact) mass is 516 g/mol. The number of carbonyl (C=O) groups is 1. The molecule has 2 heterocycles. The summed E-state index contributed by atoms with van der Waals surface area (Å²) < 4.78 is 11.0. The van der Waals surface area contributed by atoms with E-state index < -0.39 is 5.41 Å². The number of rotatable bonds is 7. The number of nitriles is 1. The van der Waals surface area contributed by atoms with Crippen molar-refractivity contribution in [2.24, 2.45) is 0 Å². The molecule has 2 aromatic heterocycles. The number of carbonyl (C=O) groups excluding carboxylic acids is 1. The maximum atomic E-state index is 14.2. The molecule has 0 bridgehead atoms. The molecule has 3 aromatic carbocycles. The van der Waals surface area contributed by atoms with Crippen LogP contribution in [0.25, 0.3) is 22.0 Å². The number of aromatic amines is 1. The molecule has 0 atom stereocenters. The minimum Gasteiger partial charge on any atom is -0.493 e. The lowest BCUT2D eigenvalue weighted by Gasteiger charge is -2.27. The zero-order valence-corrected chi connectivity index (χ0v) is 22.2. The number of pyridine rings is 1. The summed E-state index contributed by atoms with van der Waals surface area (Å²) in [4.78, 5) is 23.3. The van der Waals surface area contributed by atoms with E-state index >= 15 is 0 Å². The molecular weight excluding hydrogens is 488 g/mol. The smallest absolute Gasteiger partial charge is 0.262 e. The Labute approximate surface area is 227 Å². The predicted octanol–water partition coefficient (Wildman–Crippen LogP) is 7.03. The van der Waals surface area contributed by atoms with Gasteiger partial charge in [-0.25, -0.2) is 0 Å². The van der Waals surface area contributed by atoms with Crippen LogP contribution in [0.15, 0.2) is 91.4 Å². The van der Waals surface area contributed by atoms with E-state index in [4.69, 9.17) is 9.47 Å². The molecule has 5 aromatic rings. The molecule has 0 saturated heterocycles. The van der Waals surface area contributed by atoms with E-state index in [1.54, 1.807) is 43.6 Å². The minimum absolute atomic E-state index is 0.213. The van der Waals surface area contributed by atoms with Gasteiger partial charge >= 0.3 is 0 Å². The summed E-state index contributed by atoms with van der Waals surface area (Å²) in [6.07, 6.45) is 5.32. The highest BCUT2D eigenvalue weighted by Crippen LogP contribution is 2.40. The van der Waals surface area contributed by atoms with E-state index in [0.29, 0.717) is 28.4 Å². The van der Waals surface area contributed by atoms with Gasteiger partial charge < -0.3 is 14.5 Å². The highest BCUT2D eigenvalue weighted by Gasteiger charge is 2.27. The topological polar surface area (TPSA) is 91.2 Å². The molecule has 0 aliphatic heterocycles. The zero-order chi connectivity index (χ0) is 27.6. The fourth-order valence-electron chi connectivity index (χ4n) is 4.70. The van der Waals surface area contributed by atoms with Crippen LogP contribution in [0.4, 0.5) is 11.4 Å². The van der Waals surface area contributed by atoms with Gasteiger partial charge in [-0.2, -0.15) is 5.26 Å². The molecule has 0 aliphatic rings. The first-order valence-corrected chi connectivity index (χ1v) is 12.5. The van der Waals surface area contributed by atoms with Gasteiger partial charge in [-0.05, 0) is 79.6 Å². The van der Waals surface area contributed by atoms with E-state index in [0.717, 1.165) is 27.6 Å². The third kappa shape index (κ3) is 4.80. The SMILES string of the molecule is COc1ccc(N(C(=O)c2ccc3[nH]ccc3c2)c2ccc(C(C)(C)C#N)c(-c3cccnc3)c2)cc1OC. The van der Waals surface area contributed by atoms with Crippen molar-refractivity contribution in [1.82, 2.24) is 9.97 Å². The van der Waals surface area contributed by atoms with Crippen molar-refractivity contribution < 1.29 is 14.3 Å². The van der Waals surface area contributed by atoms with Crippen molar-refractivity contribution in [2.45, 2.75) is 19.3 Å². The number of hydrogen-bond donors (Lipinski definition) is 1. The first-order valence-electron chi connectivity index (χ1n) is 12.5. The number of nitrogens with one attached hydrogen (secondary N) is 1. The molecule has 0 spiro atoms. The van der Waals surface area contributed by atoms with Crippen molar-refractivity contribution in [2.75, 3.05) is 19.1 Å². The van der Waals surface area contributed by atoms with Gasteiger partial charge in [-0.1, -0.05) is 12.1 Å². The molecule has 0 fully saturated rings. The molecule has 7 heteroatoms. The maximum absolute atomic E-state index is 14.2. The van der Waals surface area contributed by atoms with Crippen molar-refractivity contribution in [3.8, 4) is 28.7 Å². The fourth-order valence-corrected chi connectivity index (χ4v) is 4.70. The molecular formula is C32H28N4O3. The van der Waals surface area contributed by atoms with Crippen molar-refractivity contribution >= 4 is 28.2 Å². The Morgan fingerprint density at radius 3 is 2.44 bits per heavy atom. The Morgan fingerprint density at radius 1 is 0.949 bits per heavy atom. The van der Waals surface area contributed by atoms with Gasteiger partial charge in [-0.3, -0.25) is 14.7 Å². The second kappa shape index (κ2) is 10.3. The Balaban J connectivity index is 1.73. The number of amides is 1. The molecule has 0 aliphatic carbocycles. The molecule has 1 amide bonds. The second-order valence-electron chi connectivity index (χ2n) is 9.67. The van der Waals surface area contributed by atoms with E-state index in [2.05, 4.69) is 16.0 Å². The lowest BCUT2D eigenvalue weighted by atomic mass is 9.81. The molecule has 194 valence electrons. The second-order valence-corrected chi connectivity index (χ2v) is 9.67. The Hall–Kier alpha value is -5.09. The van der Waals surface area contributed by atoms with E-state index in [-0.39, 0.29) is 5.91 Å². The van der Waals surface area contributed by atoms with Gasteiger partial charge in [0.05, 0.1) is 31.4 Å². The van der Waals surface area contributed by atoms with Gasteiger partial charge in [0.25, 0.3) is 5.91 Å². The molecule has 0 unspecified atom stereocenters. The van der Waals surface area contributed by atoms with Gasteiger partial charge in [0.2, 0.25) is 0 Å². The summed E-state index contributed by atoms with van der Waals surface area (Å²) in [6, 6.07) is 24.8. The largest absolute Gasteiger partial charge is 0.493 e. The van der Waals surface area contributed by atoms with Crippen LogP contribution in [0.5, 0.6) is 11.5 Å². The fraction of sp³-hybridized carbons (Fsp3) is 0.156. The highest BCUT2D eigenvalue weighted by atomic mass is 16.5. The van der Waals surface area contributed by atoms with Crippen molar-refractivity contribution in [3.05, 3.63) is 103 Å². The van der Waals surface area contributed by atoms with Crippen molar-refractivity contribution in [3.63, 3.8) is 0 Å². The number of nitrogens with zero attached hydrogens (tertiary/aromatic N) is 3. The van der Waals surface area contributed by atoms with Crippen LogP contribution in [-0.4, -0.2) is 30.1 Å². The summed E-state index contributed by atoms with van der Waals surface area (Å²) in [5, 5.41) is 10.9. The number of methoxy groups -OCH3 is 2. The Morgan fingerprint density at radius 2 is 1.72 bits per heavy atom. The standard InChI is InChI=1S/C32H28N4O3/c1-32(2,20-33)27-10-8-24(17-26(27)23-6-5-14-34-19-23)36(25-9-12-29(38-3)30(18-25)39-4)31(37)22-7-11-28-21(16-22)13-15-35-28/h5-19,35H,1-4H3. The highest BCUT2D eigenvalue weighted by molar-refractivity contribution is 6.12. The molecule has 1 N–H and O–H groups in total. The number of hydrogen-bond acceptors (Lipinski definition) is 5. The average Bonchev–Trinajstić information content (AvgIpc) is 3.45. The lowest BCUT2D eigenvalue weighted by Crippen LogP contribution is -2.26. The van der Waals surface area contributed by atoms with Crippen LogP contribution in [0.2, 0.25) is 0 Å². The van der Waals surface area contributed by atoms with E-state index in [9.17, 15) is 10.1 Å². The average molecular weight is 517 g/mol. The van der Waals surface area contributed by atoms with Crippen LogP contribution in [0, 0.1) is 11.3 Å². The maximum Gasteiger partial charge on any atom is 0.262 e. The lowest BCUT2D eigenvalue weighted by molar-refractivity contribution is 0.0999. The molecule has 7 nitrogen and oxygen atoms in total. The Kier molecular flexibility index (Phi) is 6.78. The van der Waals surface area contributed by atoms with Crippen LogP contribution in [0.1, 0.15) is 29.8 Å². The summed E-state index contributed by atoms with van der Waals surface area (Å²) in [7, 11) is 3.13. The number of aromatic nitrogens is 2. The number of ether oxygens (including phenoxy) is 2. The zero-order valence-electron chi connectivity index (χ0n) is 22.2. The first-order chi connectivity index (χ1) is 18.9. The Bertz CT molecular complexity index is 1700. The van der Waals surface area contributed by atoms with Crippen LogP contribution < -0.4 is 14.4 Å². The quantitative estimate of drug-likeness (QED) is 0.251.